The smallest absolute Gasteiger partial charge is 0.444 e. The van der Waals surface area contributed by atoms with Crippen molar-refractivity contribution in [1.29, 1.82) is 0 Å². The van der Waals surface area contributed by atoms with Crippen molar-refractivity contribution < 1.29 is 14.6 Å². The minimum absolute atomic E-state index is 0.449. The molecule has 0 amide bonds. The highest BCUT2D eigenvalue weighted by molar-refractivity contribution is 6.65. The zero-order valence-electron chi connectivity index (χ0n) is 6.87. The average Bonchev–Trinajstić information content (AvgIpc) is 1.87. The normalized spacial score (nSPS) is 9.09. The third kappa shape index (κ3) is 4.03. The van der Waals surface area contributed by atoms with Crippen LogP contribution in [0.2, 0.25) is 0 Å². The highest BCUT2D eigenvalue weighted by Gasteiger charge is 2.23. The fraction of sp³-hybridized carbons (Fsp3) is 0.333. The van der Waals surface area contributed by atoms with E-state index in [9.17, 15) is 0 Å². The first-order chi connectivity index (χ1) is 4.95. The standard InChI is InChI=1S/C6H12B2O3/c1-5(2)7(9)11-8(10)6(3)4/h9-10H,1,3H2,2,4H3. The lowest BCUT2D eigenvalue weighted by Crippen LogP contribution is -2.31. The van der Waals surface area contributed by atoms with Crippen molar-refractivity contribution in [2.45, 2.75) is 13.8 Å². The molecule has 5 heteroatoms. The maximum atomic E-state index is 9.02. The first-order valence-corrected chi connectivity index (χ1v) is 3.27. The van der Waals surface area contributed by atoms with Crippen molar-refractivity contribution in [3.05, 3.63) is 24.1 Å². The van der Waals surface area contributed by atoms with Crippen LogP contribution >= 0.6 is 0 Å². The quantitative estimate of drug-likeness (QED) is 0.568. The minimum Gasteiger partial charge on any atom is -0.444 e. The van der Waals surface area contributed by atoms with Crippen LogP contribution < -0.4 is 0 Å². The van der Waals surface area contributed by atoms with Gasteiger partial charge in [-0.25, -0.2) is 0 Å². The molecule has 0 radical (unpaired) electrons. The molecule has 3 nitrogen and oxygen atoms in total. The Morgan fingerprint density at radius 3 is 1.55 bits per heavy atom. The lowest BCUT2D eigenvalue weighted by molar-refractivity contribution is 0.370. The van der Waals surface area contributed by atoms with Crippen LogP contribution in [0.5, 0.6) is 0 Å². The van der Waals surface area contributed by atoms with Crippen LogP contribution in [0.3, 0.4) is 0 Å². The number of allylic oxidation sites excluding steroid dienone is 2. The molecule has 0 atom stereocenters. The third-order valence-electron chi connectivity index (χ3n) is 1.10. The van der Waals surface area contributed by atoms with E-state index in [4.69, 9.17) is 10.0 Å². The monoisotopic (exact) mass is 154 g/mol. The van der Waals surface area contributed by atoms with E-state index >= 15 is 0 Å². The van der Waals surface area contributed by atoms with Gasteiger partial charge < -0.3 is 14.6 Å². The van der Waals surface area contributed by atoms with Crippen LogP contribution in [0.15, 0.2) is 24.1 Å². The largest absolute Gasteiger partial charge is 0.472 e. The first-order valence-electron chi connectivity index (χ1n) is 3.27. The zero-order valence-corrected chi connectivity index (χ0v) is 6.87. The molecule has 0 saturated heterocycles. The summed E-state index contributed by atoms with van der Waals surface area (Å²) in [6.07, 6.45) is 0. The highest BCUT2D eigenvalue weighted by atomic mass is 16.5. The van der Waals surface area contributed by atoms with Crippen molar-refractivity contribution in [2.75, 3.05) is 0 Å². The van der Waals surface area contributed by atoms with E-state index in [1.165, 1.54) is 0 Å². The third-order valence-corrected chi connectivity index (χ3v) is 1.10. The fourth-order valence-electron chi connectivity index (χ4n) is 0.354. The zero-order chi connectivity index (χ0) is 9.02. The molecular weight excluding hydrogens is 142 g/mol. The summed E-state index contributed by atoms with van der Waals surface area (Å²) in [7, 11) is -2.25. The van der Waals surface area contributed by atoms with Crippen molar-refractivity contribution in [1.82, 2.24) is 0 Å². The molecule has 0 aromatic carbocycles. The summed E-state index contributed by atoms with van der Waals surface area (Å²) in [6.45, 7) is 10.1. The van der Waals surface area contributed by atoms with Crippen LogP contribution in [0, 0.1) is 0 Å². The van der Waals surface area contributed by atoms with Gasteiger partial charge in [-0.2, -0.15) is 0 Å². The van der Waals surface area contributed by atoms with Crippen molar-refractivity contribution in [2.24, 2.45) is 0 Å². The second kappa shape index (κ2) is 4.38. The maximum Gasteiger partial charge on any atom is 0.472 e. The number of rotatable bonds is 4. The molecule has 0 unspecified atom stereocenters. The Morgan fingerprint density at radius 1 is 1.09 bits per heavy atom. The number of hydrogen-bond donors (Lipinski definition) is 2. The van der Waals surface area contributed by atoms with Gasteiger partial charge >= 0.3 is 14.2 Å². The molecule has 0 heterocycles. The molecule has 11 heavy (non-hydrogen) atoms. The van der Waals surface area contributed by atoms with Gasteiger partial charge in [0.05, 0.1) is 0 Å². The van der Waals surface area contributed by atoms with Crippen LogP contribution in [-0.4, -0.2) is 24.3 Å². The van der Waals surface area contributed by atoms with Crippen LogP contribution in [-0.2, 0) is 4.57 Å². The van der Waals surface area contributed by atoms with Gasteiger partial charge in [0.15, 0.2) is 0 Å². The summed E-state index contributed by atoms with van der Waals surface area (Å²) in [6, 6.07) is 0. The molecule has 0 aromatic heterocycles. The molecule has 0 aliphatic carbocycles. The Balaban J connectivity index is 3.84. The van der Waals surface area contributed by atoms with E-state index in [-0.39, 0.29) is 0 Å². The van der Waals surface area contributed by atoms with Crippen LogP contribution in [0.1, 0.15) is 13.8 Å². The van der Waals surface area contributed by atoms with Crippen molar-refractivity contribution in [3.63, 3.8) is 0 Å². The predicted molar refractivity (Wildman–Crippen MR) is 46.7 cm³/mol. The summed E-state index contributed by atoms with van der Waals surface area (Å²) in [5.74, 6) is 0. The van der Waals surface area contributed by atoms with Gasteiger partial charge in [0.2, 0.25) is 0 Å². The Kier molecular flexibility index (Phi) is 4.18. The van der Waals surface area contributed by atoms with Crippen LogP contribution in [0.25, 0.3) is 0 Å². The van der Waals surface area contributed by atoms with Gasteiger partial charge in [-0.05, 0) is 13.8 Å². The lowest BCUT2D eigenvalue weighted by atomic mass is 9.72. The fourth-order valence-corrected chi connectivity index (χ4v) is 0.354. The van der Waals surface area contributed by atoms with E-state index in [2.05, 4.69) is 17.7 Å². The molecule has 0 spiro atoms. The van der Waals surface area contributed by atoms with E-state index in [0.717, 1.165) is 0 Å². The molecular formula is C6H12B2O3. The molecule has 0 aliphatic heterocycles. The highest BCUT2D eigenvalue weighted by Crippen LogP contribution is 2.00. The van der Waals surface area contributed by atoms with E-state index in [0.29, 0.717) is 10.9 Å². The molecule has 0 fully saturated rings. The summed E-state index contributed by atoms with van der Waals surface area (Å²) in [5.41, 5.74) is 0.899. The Bertz CT molecular complexity index is 151. The second-order valence-electron chi connectivity index (χ2n) is 2.53. The molecule has 0 aliphatic rings. The topological polar surface area (TPSA) is 49.7 Å². The van der Waals surface area contributed by atoms with Gasteiger partial charge in [0.25, 0.3) is 0 Å². The summed E-state index contributed by atoms with van der Waals surface area (Å²) < 4.78 is 4.69. The Morgan fingerprint density at radius 2 is 1.36 bits per heavy atom. The summed E-state index contributed by atoms with van der Waals surface area (Å²) >= 11 is 0. The van der Waals surface area contributed by atoms with E-state index in [1.54, 1.807) is 13.8 Å². The molecule has 0 aromatic rings. The lowest BCUT2D eigenvalue weighted by Gasteiger charge is -2.10. The van der Waals surface area contributed by atoms with E-state index in [1.807, 2.05) is 0 Å². The van der Waals surface area contributed by atoms with Gasteiger partial charge in [0.1, 0.15) is 0 Å². The number of hydrogen-bond acceptors (Lipinski definition) is 3. The Hall–Kier alpha value is -0.510. The molecule has 0 saturated carbocycles. The van der Waals surface area contributed by atoms with Crippen molar-refractivity contribution >= 4 is 14.2 Å². The van der Waals surface area contributed by atoms with Crippen molar-refractivity contribution in [3.8, 4) is 0 Å². The maximum absolute atomic E-state index is 9.02. The molecule has 60 valence electrons. The SMILES string of the molecule is C=C(C)B(O)OB(O)C(=C)C. The van der Waals surface area contributed by atoms with E-state index < -0.39 is 14.2 Å². The van der Waals surface area contributed by atoms with Gasteiger partial charge in [-0.1, -0.05) is 10.9 Å². The summed E-state index contributed by atoms with van der Waals surface area (Å²) in [4.78, 5) is 0. The predicted octanol–water partition coefficient (Wildman–Crippen LogP) is 0.195. The summed E-state index contributed by atoms with van der Waals surface area (Å²) in [5, 5.41) is 18.0. The molecule has 2 N–H and O–H groups in total. The van der Waals surface area contributed by atoms with Gasteiger partial charge in [0, 0.05) is 0 Å². The minimum atomic E-state index is -1.12. The molecule has 0 rings (SSSR count). The average molecular weight is 154 g/mol. The van der Waals surface area contributed by atoms with Gasteiger partial charge in [-0.15, -0.1) is 13.2 Å². The van der Waals surface area contributed by atoms with Crippen LogP contribution in [0.4, 0.5) is 0 Å². The first kappa shape index (κ1) is 10.5. The Labute approximate surface area is 67.7 Å². The van der Waals surface area contributed by atoms with Gasteiger partial charge in [-0.3, -0.25) is 0 Å². The second-order valence-corrected chi connectivity index (χ2v) is 2.53. The molecule has 0 bridgehead atoms.